The van der Waals surface area contributed by atoms with Gasteiger partial charge in [0.05, 0.1) is 6.10 Å². The second kappa shape index (κ2) is 16.8. The molecule has 0 heterocycles. The summed E-state index contributed by atoms with van der Waals surface area (Å²) in [4.78, 5) is 10.3. The Morgan fingerprint density at radius 3 is 1.96 bits per heavy atom. The molecule has 0 saturated heterocycles. The third kappa shape index (κ3) is 18.3. The van der Waals surface area contributed by atoms with E-state index in [-0.39, 0.29) is 12.5 Å². The molecule has 0 aromatic carbocycles. The van der Waals surface area contributed by atoms with Gasteiger partial charge < -0.3 is 10.2 Å². The molecule has 0 fully saturated rings. The van der Waals surface area contributed by atoms with E-state index in [4.69, 9.17) is 5.11 Å². The molecule has 0 spiro atoms. The quantitative estimate of drug-likeness (QED) is 0.342. The Balaban J connectivity index is 3.50. The van der Waals surface area contributed by atoms with Crippen molar-refractivity contribution in [1.82, 2.24) is 0 Å². The lowest BCUT2D eigenvalue weighted by atomic mass is 10.1. The van der Waals surface area contributed by atoms with Crippen LogP contribution in [-0.2, 0) is 4.79 Å². The van der Waals surface area contributed by atoms with Crippen LogP contribution >= 0.6 is 0 Å². The fourth-order valence-electron chi connectivity index (χ4n) is 2.01. The fraction of sp³-hybridized carbons (Fsp3) is 0.550. The van der Waals surface area contributed by atoms with Crippen molar-refractivity contribution in [3.05, 3.63) is 48.6 Å². The van der Waals surface area contributed by atoms with Crippen LogP contribution in [0.5, 0.6) is 0 Å². The maximum Gasteiger partial charge on any atom is 0.303 e. The van der Waals surface area contributed by atoms with Crippen LogP contribution in [-0.4, -0.2) is 22.3 Å². The predicted octanol–water partition coefficient (Wildman–Crippen LogP) is 5.19. The number of hydrogen-bond donors (Lipinski definition) is 2. The lowest BCUT2D eigenvalue weighted by molar-refractivity contribution is -0.137. The van der Waals surface area contributed by atoms with Crippen LogP contribution in [0.4, 0.5) is 0 Å². The van der Waals surface area contributed by atoms with Crippen LogP contribution in [0.2, 0.25) is 0 Å². The molecular weight excluding hydrogens is 288 g/mol. The number of unbranched alkanes of at least 4 members (excludes halogenated alkanes) is 1. The Labute approximate surface area is 141 Å². The molecule has 130 valence electrons. The van der Waals surface area contributed by atoms with Crippen molar-refractivity contribution in [3.8, 4) is 0 Å². The van der Waals surface area contributed by atoms with Gasteiger partial charge in [0.2, 0.25) is 0 Å². The molecule has 3 heteroatoms. The number of carbonyl (C=O) groups is 1. The molecule has 23 heavy (non-hydrogen) atoms. The number of rotatable bonds is 14. The minimum atomic E-state index is -0.725. The van der Waals surface area contributed by atoms with Gasteiger partial charge in [-0.2, -0.15) is 0 Å². The highest BCUT2D eigenvalue weighted by Crippen LogP contribution is 2.02. The van der Waals surface area contributed by atoms with E-state index in [0.717, 1.165) is 44.9 Å². The summed E-state index contributed by atoms with van der Waals surface area (Å²) in [5, 5.41) is 18.0. The van der Waals surface area contributed by atoms with Crippen molar-refractivity contribution in [2.45, 2.75) is 70.8 Å². The zero-order chi connectivity index (χ0) is 17.2. The highest BCUT2D eigenvalue weighted by atomic mass is 16.4. The molecule has 0 bridgehead atoms. The van der Waals surface area contributed by atoms with Gasteiger partial charge in [-0.3, -0.25) is 4.79 Å². The summed E-state index contributed by atoms with van der Waals surface area (Å²) < 4.78 is 0. The van der Waals surface area contributed by atoms with Crippen molar-refractivity contribution in [2.75, 3.05) is 0 Å². The van der Waals surface area contributed by atoms with Gasteiger partial charge in [0, 0.05) is 6.42 Å². The zero-order valence-corrected chi connectivity index (χ0v) is 14.4. The normalized spacial score (nSPS) is 13.8. The highest BCUT2D eigenvalue weighted by molar-refractivity contribution is 5.66. The lowest BCUT2D eigenvalue weighted by Gasteiger charge is -2.03. The Morgan fingerprint density at radius 1 is 0.913 bits per heavy atom. The summed E-state index contributed by atoms with van der Waals surface area (Å²) in [5.74, 6) is -0.725. The third-order valence-electron chi connectivity index (χ3n) is 3.27. The van der Waals surface area contributed by atoms with E-state index in [9.17, 15) is 9.90 Å². The third-order valence-corrected chi connectivity index (χ3v) is 3.27. The number of carboxylic acids is 1. The van der Waals surface area contributed by atoms with Crippen LogP contribution in [0.1, 0.15) is 64.7 Å². The molecule has 0 radical (unpaired) electrons. The highest BCUT2D eigenvalue weighted by Gasteiger charge is 1.97. The number of aliphatic hydroxyl groups excluding tert-OH is 1. The van der Waals surface area contributed by atoms with Crippen molar-refractivity contribution in [1.29, 1.82) is 0 Å². The van der Waals surface area contributed by atoms with E-state index in [1.165, 1.54) is 0 Å². The van der Waals surface area contributed by atoms with Crippen LogP contribution < -0.4 is 0 Å². The predicted molar refractivity (Wildman–Crippen MR) is 97.4 cm³/mol. The molecule has 0 saturated carbocycles. The van der Waals surface area contributed by atoms with E-state index in [1.807, 2.05) is 6.08 Å². The van der Waals surface area contributed by atoms with Crippen LogP contribution in [0, 0.1) is 0 Å². The molecule has 0 unspecified atom stereocenters. The zero-order valence-electron chi connectivity index (χ0n) is 14.4. The molecule has 3 nitrogen and oxygen atoms in total. The van der Waals surface area contributed by atoms with Gasteiger partial charge in [0.1, 0.15) is 0 Å². The first-order valence-corrected chi connectivity index (χ1v) is 8.66. The summed E-state index contributed by atoms with van der Waals surface area (Å²) in [6, 6.07) is 0. The molecule has 1 atom stereocenters. The largest absolute Gasteiger partial charge is 0.481 e. The van der Waals surface area contributed by atoms with Gasteiger partial charge >= 0.3 is 5.97 Å². The van der Waals surface area contributed by atoms with Gasteiger partial charge in [0.15, 0.2) is 0 Å². The number of carboxylic acid groups (broad SMARTS) is 1. The van der Waals surface area contributed by atoms with Gasteiger partial charge in [0.25, 0.3) is 0 Å². The van der Waals surface area contributed by atoms with E-state index in [0.29, 0.717) is 6.42 Å². The number of allylic oxidation sites excluding steroid dienone is 7. The van der Waals surface area contributed by atoms with Crippen molar-refractivity contribution in [2.24, 2.45) is 0 Å². The number of hydrogen-bond acceptors (Lipinski definition) is 2. The molecule has 2 N–H and O–H groups in total. The Kier molecular flexibility index (Phi) is 15.6. The molecule has 0 aliphatic carbocycles. The van der Waals surface area contributed by atoms with Crippen molar-refractivity contribution >= 4 is 5.97 Å². The Bertz CT molecular complexity index is 392. The summed E-state index contributed by atoms with van der Waals surface area (Å²) in [7, 11) is 0. The smallest absolute Gasteiger partial charge is 0.303 e. The maximum atomic E-state index is 10.3. The average Bonchev–Trinajstić information content (AvgIpc) is 2.51. The van der Waals surface area contributed by atoms with Gasteiger partial charge in [-0.15, -0.1) is 0 Å². The molecule has 0 aliphatic heterocycles. The summed E-state index contributed by atoms with van der Waals surface area (Å²) >= 11 is 0. The Morgan fingerprint density at radius 2 is 1.43 bits per heavy atom. The van der Waals surface area contributed by atoms with E-state index in [1.54, 1.807) is 0 Å². The summed E-state index contributed by atoms with van der Waals surface area (Å²) in [5.41, 5.74) is 0. The van der Waals surface area contributed by atoms with Gasteiger partial charge in [-0.25, -0.2) is 0 Å². The monoisotopic (exact) mass is 320 g/mol. The standard InChI is InChI=1S/C20H32O3/c1-2-16-19(21)17-14-12-10-8-6-4-3-5-7-9-11-13-15-18-20(22)23/h3,5-6,8-9,11-12,14,19,21H,2,4,7,10,13,15-18H2,1H3,(H,22,23)/t19-/m1/s1. The van der Waals surface area contributed by atoms with Crippen LogP contribution in [0.15, 0.2) is 48.6 Å². The first kappa shape index (κ1) is 21.4. The molecular formula is C20H32O3. The lowest BCUT2D eigenvalue weighted by Crippen LogP contribution is -2.02. The van der Waals surface area contributed by atoms with Gasteiger partial charge in [-0.1, -0.05) is 62.0 Å². The van der Waals surface area contributed by atoms with E-state index in [2.05, 4.69) is 49.5 Å². The number of aliphatic carboxylic acids is 1. The van der Waals surface area contributed by atoms with Crippen LogP contribution in [0.3, 0.4) is 0 Å². The molecule has 0 aromatic heterocycles. The molecule has 0 rings (SSSR count). The van der Waals surface area contributed by atoms with Gasteiger partial charge in [-0.05, 0) is 44.9 Å². The van der Waals surface area contributed by atoms with E-state index < -0.39 is 5.97 Å². The SMILES string of the molecule is CCC[C@@H](O)CC=CCC=CCC=CCC=CCCCC(=O)O. The Hall–Kier alpha value is -1.61. The minimum Gasteiger partial charge on any atom is -0.481 e. The second-order valence-corrected chi connectivity index (χ2v) is 5.56. The average molecular weight is 320 g/mol. The molecule has 0 aromatic rings. The second-order valence-electron chi connectivity index (χ2n) is 5.56. The summed E-state index contributed by atoms with van der Waals surface area (Å²) in [6.45, 7) is 2.08. The molecule has 0 amide bonds. The first-order chi connectivity index (χ1) is 11.2. The minimum absolute atomic E-state index is 0.194. The first-order valence-electron chi connectivity index (χ1n) is 8.66. The topological polar surface area (TPSA) is 57.5 Å². The van der Waals surface area contributed by atoms with Crippen LogP contribution in [0.25, 0.3) is 0 Å². The number of aliphatic hydroxyl groups is 1. The van der Waals surface area contributed by atoms with Crippen molar-refractivity contribution < 1.29 is 15.0 Å². The maximum absolute atomic E-state index is 10.3. The fourth-order valence-corrected chi connectivity index (χ4v) is 2.01. The molecule has 0 aliphatic rings. The van der Waals surface area contributed by atoms with E-state index >= 15 is 0 Å². The van der Waals surface area contributed by atoms with Crippen molar-refractivity contribution in [3.63, 3.8) is 0 Å². The summed E-state index contributed by atoms with van der Waals surface area (Å²) in [6.07, 6.45) is 23.8.